The molecule has 120 valence electrons. The van der Waals surface area contributed by atoms with Crippen molar-refractivity contribution in [3.05, 3.63) is 71.8 Å². The summed E-state index contributed by atoms with van der Waals surface area (Å²) in [6.07, 6.45) is 4.01. The number of carbonyl (C=O) groups excluding carboxylic acids is 1. The summed E-state index contributed by atoms with van der Waals surface area (Å²) in [6, 6.07) is 20.5. The van der Waals surface area contributed by atoms with Crippen molar-refractivity contribution in [1.29, 1.82) is 0 Å². The molecule has 0 saturated carbocycles. The highest BCUT2D eigenvalue weighted by Gasteiger charge is 2.27. The van der Waals surface area contributed by atoms with Crippen LogP contribution in [0.1, 0.15) is 30.4 Å². The number of hydrogen-bond donors (Lipinski definition) is 0. The average molecular weight is 309 g/mol. The first kappa shape index (κ1) is 15.6. The summed E-state index contributed by atoms with van der Waals surface area (Å²) in [5.41, 5.74) is 2.30. The number of amides is 1. The Morgan fingerprint density at radius 2 is 1.61 bits per heavy atom. The molecule has 0 aliphatic carbocycles. The minimum Gasteiger partial charge on any atom is -0.445 e. The molecule has 0 spiro atoms. The van der Waals surface area contributed by atoms with Crippen LogP contribution in [-0.2, 0) is 17.8 Å². The van der Waals surface area contributed by atoms with E-state index in [-0.39, 0.29) is 12.1 Å². The lowest BCUT2D eigenvalue weighted by atomic mass is 9.96. The molecule has 3 heteroatoms. The van der Waals surface area contributed by atoms with E-state index in [9.17, 15) is 4.79 Å². The van der Waals surface area contributed by atoms with Gasteiger partial charge in [-0.05, 0) is 36.8 Å². The van der Waals surface area contributed by atoms with Gasteiger partial charge in [0.05, 0.1) is 0 Å². The number of carbonyl (C=O) groups is 1. The summed E-state index contributed by atoms with van der Waals surface area (Å²) in [6.45, 7) is 1.14. The largest absolute Gasteiger partial charge is 0.445 e. The van der Waals surface area contributed by atoms with Crippen molar-refractivity contribution >= 4 is 6.09 Å². The third-order valence-electron chi connectivity index (χ3n) is 4.38. The zero-order valence-electron chi connectivity index (χ0n) is 13.4. The first-order valence-electron chi connectivity index (χ1n) is 8.34. The van der Waals surface area contributed by atoms with Gasteiger partial charge in [-0.3, -0.25) is 0 Å². The summed E-state index contributed by atoms with van der Waals surface area (Å²) in [5.74, 6) is 0. The van der Waals surface area contributed by atoms with Crippen molar-refractivity contribution < 1.29 is 9.53 Å². The average Bonchev–Trinajstić information content (AvgIpc) is 2.62. The molecule has 23 heavy (non-hydrogen) atoms. The van der Waals surface area contributed by atoms with E-state index in [4.69, 9.17) is 4.74 Å². The number of likely N-dealkylation sites (tertiary alicyclic amines) is 1. The van der Waals surface area contributed by atoms with E-state index in [1.807, 2.05) is 41.3 Å². The summed E-state index contributed by atoms with van der Waals surface area (Å²) in [5, 5.41) is 0. The molecular weight excluding hydrogens is 286 g/mol. The maximum atomic E-state index is 12.5. The maximum absolute atomic E-state index is 12.5. The minimum absolute atomic E-state index is 0.186. The van der Waals surface area contributed by atoms with E-state index >= 15 is 0 Å². The lowest BCUT2D eigenvalue weighted by Crippen LogP contribution is -2.45. The van der Waals surface area contributed by atoms with E-state index in [1.165, 1.54) is 12.0 Å². The van der Waals surface area contributed by atoms with Crippen molar-refractivity contribution in [2.24, 2.45) is 0 Å². The first-order valence-corrected chi connectivity index (χ1v) is 8.34. The molecule has 1 saturated heterocycles. The van der Waals surface area contributed by atoms with Crippen LogP contribution in [0.5, 0.6) is 0 Å². The number of piperidine rings is 1. The lowest BCUT2D eigenvalue weighted by molar-refractivity contribution is 0.0681. The van der Waals surface area contributed by atoms with Crippen LogP contribution >= 0.6 is 0 Å². The van der Waals surface area contributed by atoms with Crippen LogP contribution in [0.3, 0.4) is 0 Å². The summed E-state index contributed by atoms with van der Waals surface area (Å²) in [7, 11) is 0. The van der Waals surface area contributed by atoms with Gasteiger partial charge in [0.1, 0.15) is 6.61 Å². The Hall–Kier alpha value is -2.29. The third-order valence-corrected chi connectivity index (χ3v) is 4.38. The number of nitrogens with zero attached hydrogens (tertiary/aromatic N) is 1. The van der Waals surface area contributed by atoms with E-state index in [0.29, 0.717) is 6.61 Å². The normalized spacial score (nSPS) is 17.7. The Balaban J connectivity index is 1.60. The molecular formula is C20H23NO2. The van der Waals surface area contributed by atoms with E-state index in [2.05, 4.69) is 24.3 Å². The van der Waals surface area contributed by atoms with Gasteiger partial charge in [0.2, 0.25) is 0 Å². The third kappa shape index (κ3) is 4.35. The molecule has 0 aromatic heterocycles. The summed E-state index contributed by atoms with van der Waals surface area (Å²) in [4.78, 5) is 14.4. The zero-order valence-corrected chi connectivity index (χ0v) is 13.4. The van der Waals surface area contributed by atoms with Gasteiger partial charge >= 0.3 is 6.09 Å². The standard InChI is InChI=1S/C20H23NO2/c22-20(23-16-18-11-5-2-6-12-18)21-14-8-7-13-19(21)15-17-9-3-1-4-10-17/h1-6,9-12,19H,7-8,13-16H2. The van der Waals surface area contributed by atoms with Gasteiger partial charge in [0.25, 0.3) is 0 Å². The Morgan fingerprint density at radius 1 is 0.957 bits per heavy atom. The summed E-state index contributed by atoms with van der Waals surface area (Å²) >= 11 is 0. The fourth-order valence-electron chi connectivity index (χ4n) is 3.14. The molecule has 1 aliphatic rings. The van der Waals surface area contributed by atoms with Crippen molar-refractivity contribution in [2.75, 3.05) is 6.54 Å². The molecule has 3 nitrogen and oxygen atoms in total. The van der Waals surface area contributed by atoms with Crippen molar-refractivity contribution in [2.45, 2.75) is 38.3 Å². The molecule has 0 N–H and O–H groups in total. The molecule has 0 bridgehead atoms. The Labute approximate surface area is 137 Å². The second-order valence-electron chi connectivity index (χ2n) is 6.07. The molecule has 3 rings (SSSR count). The predicted octanol–water partition coefficient (Wildman–Crippen LogP) is 4.42. The molecule has 1 amide bonds. The van der Waals surface area contributed by atoms with Crippen LogP contribution in [0.25, 0.3) is 0 Å². The number of ether oxygens (including phenoxy) is 1. The molecule has 2 aromatic rings. The predicted molar refractivity (Wildman–Crippen MR) is 91.1 cm³/mol. The minimum atomic E-state index is -0.186. The highest BCUT2D eigenvalue weighted by atomic mass is 16.6. The van der Waals surface area contributed by atoms with Crippen molar-refractivity contribution in [3.63, 3.8) is 0 Å². The second kappa shape index (κ2) is 7.82. The fourth-order valence-corrected chi connectivity index (χ4v) is 3.14. The van der Waals surface area contributed by atoms with Gasteiger partial charge in [-0.25, -0.2) is 4.79 Å². The topological polar surface area (TPSA) is 29.5 Å². The number of rotatable bonds is 4. The van der Waals surface area contributed by atoms with Crippen molar-refractivity contribution in [3.8, 4) is 0 Å². The van der Waals surface area contributed by atoms with E-state index in [1.54, 1.807) is 0 Å². The van der Waals surface area contributed by atoms with Crippen LogP contribution < -0.4 is 0 Å². The molecule has 0 radical (unpaired) electrons. The highest BCUT2D eigenvalue weighted by Crippen LogP contribution is 2.22. The second-order valence-corrected chi connectivity index (χ2v) is 6.07. The molecule has 1 aliphatic heterocycles. The molecule has 2 aromatic carbocycles. The Bertz CT molecular complexity index is 612. The van der Waals surface area contributed by atoms with Gasteiger partial charge in [0.15, 0.2) is 0 Å². The van der Waals surface area contributed by atoms with Crippen LogP contribution in [-0.4, -0.2) is 23.6 Å². The first-order chi connectivity index (χ1) is 11.3. The molecule has 1 unspecified atom stereocenters. The van der Waals surface area contributed by atoms with Gasteiger partial charge in [-0.1, -0.05) is 60.7 Å². The smallest absolute Gasteiger partial charge is 0.410 e. The monoisotopic (exact) mass is 309 g/mol. The van der Waals surface area contributed by atoms with Gasteiger partial charge in [-0.15, -0.1) is 0 Å². The van der Waals surface area contributed by atoms with Gasteiger partial charge in [-0.2, -0.15) is 0 Å². The lowest BCUT2D eigenvalue weighted by Gasteiger charge is -2.35. The number of hydrogen-bond acceptors (Lipinski definition) is 2. The van der Waals surface area contributed by atoms with Crippen LogP contribution in [0.15, 0.2) is 60.7 Å². The summed E-state index contributed by atoms with van der Waals surface area (Å²) < 4.78 is 5.52. The maximum Gasteiger partial charge on any atom is 0.410 e. The highest BCUT2D eigenvalue weighted by molar-refractivity contribution is 5.68. The van der Waals surface area contributed by atoms with Crippen molar-refractivity contribution in [1.82, 2.24) is 4.90 Å². The zero-order chi connectivity index (χ0) is 15.9. The van der Waals surface area contributed by atoms with E-state index < -0.39 is 0 Å². The van der Waals surface area contributed by atoms with Crippen LogP contribution in [0, 0.1) is 0 Å². The number of benzene rings is 2. The van der Waals surface area contributed by atoms with E-state index in [0.717, 1.165) is 31.4 Å². The SMILES string of the molecule is O=C(OCc1ccccc1)N1CCCCC1Cc1ccccc1. The molecule has 1 fully saturated rings. The Morgan fingerprint density at radius 3 is 2.30 bits per heavy atom. The van der Waals surface area contributed by atoms with Gasteiger partial charge < -0.3 is 9.64 Å². The fraction of sp³-hybridized carbons (Fsp3) is 0.350. The van der Waals surface area contributed by atoms with Gasteiger partial charge in [0, 0.05) is 12.6 Å². The molecule has 1 atom stereocenters. The molecule has 1 heterocycles. The Kier molecular flexibility index (Phi) is 5.30. The van der Waals surface area contributed by atoms with Crippen LogP contribution in [0.2, 0.25) is 0 Å². The quantitative estimate of drug-likeness (QED) is 0.836. The van der Waals surface area contributed by atoms with Crippen LogP contribution in [0.4, 0.5) is 4.79 Å².